The summed E-state index contributed by atoms with van der Waals surface area (Å²) in [6.45, 7) is 7.16. The fourth-order valence-electron chi connectivity index (χ4n) is 2.16. The van der Waals surface area contributed by atoms with Gasteiger partial charge in [0.15, 0.2) is 17.5 Å². The normalized spacial score (nSPS) is 11.4. The Bertz CT molecular complexity index is 618. The Morgan fingerprint density at radius 1 is 1.27 bits per heavy atom. The summed E-state index contributed by atoms with van der Waals surface area (Å²) in [5.41, 5.74) is 0.404. The molecule has 0 unspecified atom stereocenters. The largest absolute Gasteiger partial charge is 0.494 e. The first kappa shape index (κ1) is 24.4. The smallest absolute Gasteiger partial charge is 0.225 e. The SMILES string of the molecule is CN=C(NCCNC(=O)C(C)(C)C)N(C)Cc1ccc(OC)c(F)c1.I. The number of ether oxygens (including phenoxy) is 1. The predicted molar refractivity (Wildman–Crippen MR) is 114 cm³/mol. The van der Waals surface area contributed by atoms with Crippen LogP contribution < -0.4 is 15.4 Å². The second-order valence-corrected chi connectivity index (χ2v) is 6.80. The van der Waals surface area contributed by atoms with Gasteiger partial charge in [-0.3, -0.25) is 9.79 Å². The number of benzene rings is 1. The first-order valence-electron chi connectivity index (χ1n) is 8.21. The number of carbonyl (C=O) groups is 1. The second kappa shape index (κ2) is 11.2. The Kier molecular flexibility index (Phi) is 10.5. The van der Waals surface area contributed by atoms with Crippen molar-refractivity contribution in [2.24, 2.45) is 10.4 Å². The van der Waals surface area contributed by atoms with Crippen molar-refractivity contribution in [3.8, 4) is 5.75 Å². The van der Waals surface area contributed by atoms with Gasteiger partial charge >= 0.3 is 0 Å². The number of carbonyl (C=O) groups excluding carboxylic acids is 1. The number of guanidine groups is 1. The lowest BCUT2D eigenvalue weighted by atomic mass is 9.96. The highest BCUT2D eigenvalue weighted by Crippen LogP contribution is 2.18. The van der Waals surface area contributed by atoms with E-state index in [4.69, 9.17) is 4.74 Å². The molecule has 1 aromatic rings. The molecule has 0 fully saturated rings. The lowest BCUT2D eigenvalue weighted by molar-refractivity contribution is -0.128. The summed E-state index contributed by atoms with van der Waals surface area (Å²) in [6, 6.07) is 4.87. The molecule has 1 amide bonds. The monoisotopic (exact) mass is 480 g/mol. The van der Waals surface area contributed by atoms with Gasteiger partial charge in [0, 0.05) is 39.1 Å². The van der Waals surface area contributed by atoms with Crippen LogP contribution in [0.25, 0.3) is 0 Å². The number of halogens is 2. The molecule has 6 nitrogen and oxygen atoms in total. The number of methoxy groups -OCH3 is 1. The van der Waals surface area contributed by atoms with Crippen LogP contribution >= 0.6 is 24.0 Å². The summed E-state index contributed by atoms with van der Waals surface area (Å²) < 4.78 is 18.7. The lowest BCUT2D eigenvalue weighted by Gasteiger charge is -2.23. The van der Waals surface area contributed by atoms with E-state index >= 15 is 0 Å². The van der Waals surface area contributed by atoms with Crippen LogP contribution in [0.2, 0.25) is 0 Å². The first-order chi connectivity index (χ1) is 11.7. The maximum absolute atomic E-state index is 13.8. The zero-order chi connectivity index (χ0) is 19.0. The molecule has 0 saturated heterocycles. The minimum absolute atomic E-state index is 0. The van der Waals surface area contributed by atoms with Crippen molar-refractivity contribution in [1.29, 1.82) is 0 Å². The molecule has 0 aliphatic carbocycles. The maximum atomic E-state index is 13.8. The topological polar surface area (TPSA) is 66.0 Å². The number of rotatable bonds is 6. The number of nitrogens with one attached hydrogen (secondary N) is 2. The molecule has 0 aliphatic heterocycles. The molecule has 0 bridgehead atoms. The molecule has 0 radical (unpaired) electrons. The number of amides is 1. The van der Waals surface area contributed by atoms with Gasteiger partial charge in [0.1, 0.15) is 0 Å². The predicted octanol–water partition coefficient (Wildman–Crippen LogP) is 2.62. The highest BCUT2D eigenvalue weighted by atomic mass is 127. The zero-order valence-corrected chi connectivity index (χ0v) is 18.7. The molecule has 2 N–H and O–H groups in total. The first-order valence-corrected chi connectivity index (χ1v) is 8.21. The molecule has 8 heteroatoms. The van der Waals surface area contributed by atoms with Crippen LogP contribution in [0.15, 0.2) is 23.2 Å². The summed E-state index contributed by atoms with van der Waals surface area (Å²) in [6.07, 6.45) is 0. The van der Waals surface area contributed by atoms with Crippen molar-refractivity contribution >= 4 is 35.8 Å². The van der Waals surface area contributed by atoms with Crippen molar-refractivity contribution in [2.75, 3.05) is 34.3 Å². The van der Waals surface area contributed by atoms with E-state index in [9.17, 15) is 9.18 Å². The number of hydrogen-bond donors (Lipinski definition) is 2. The van der Waals surface area contributed by atoms with E-state index in [0.717, 1.165) is 5.56 Å². The molecule has 0 atom stereocenters. The van der Waals surface area contributed by atoms with Gasteiger partial charge in [-0.2, -0.15) is 0 Å². The highest BCUT2D eigenvalue weighted by Gasteiger charge is 2.20. The molecular formula is C18H30FIN4O2. The van der Waals surface area contributed by atoms with Crippen LogP contribution in [0.1, 0.15) is 26.3 Å². The molecule has 148 valence electrons. The molecule has 0 saturated carbocycles. The summed E-state index contributed by atoms with van der Waals surface area (Å²) in [5, 5.41) is 6.05. The average Bonchev–Trinajstić information content (AvgIpc) is 2.53. The van der Waals surface area contributed by atoms with Crippen molar-refractivity contribution < 1.29 is 13.9 Å². The maximum Gasteiger partial charge on any atom is 0.225 e. The minimum Gasteiger partial charge on any atom is -0.494 e. The third kappa shape index (κ3) is 7.76. The fourth-order valence-corrected chi connectivity index (χ4v) is 2.16. The van der Waals surface area contributed by atoms with Gasteiger partial charge < -0.3 is 20.3 Å². The fraction of sp³-hybridized carbons (Fsp3) is 0.556. The standard InChI is InChI=1S/C18H29FN4O2.HI/c1-18(2,3)16(24)21-9-10-22-17(20-4)23(5)12-13-7-8-15(25-6)14(19)11-13;/h7-8,11H,9-10,12H2,1-6H3,(H,20,22)(H,21,24);1H. The molecule has 0 aromatic heterocycles. The van der Waals surface area contributed by atoms with Crippen LogP contribution in [0, 0.1) is 11.2 Å². The van der Waals surface area contributed by atoms with E-state index in [-0.39, 0.29) is 41.5 Å². The van der Waals surface area contributed by atoms with Gasteiger partial charge in [-0.15, -0.1) is 24.0 Å². The van der Waals surface area contributed by atoms with E-state index in [0.29, 0.717) is 25.6 Å². The van der Waals surface area contributed by atoms with Gasteiger partial charge in [-0.1, -0.05) is 26.8 Å². The Labute approximate surface area is 172 Å². The molecule has 1 aromatic carbocycles. The zero-order valence-electron chi connectivity index (χ0n) is 16.4. The van der Waals surface area contributed by atoms with E-state index in [1.165, 1.54) is 13.2 Å². The van der Waals surface area contributed by atoms with Crippen LogP contribution in [-0.2, 0) is 11.3 Å². The van der Waals surface area contributed by atoms with Gasteiger partial charge in [-0.25, -0.2) is 4.39 Å². The molecular weight excluding hydrogens is 450 g/mol. The highest BCUT2D eigenvalue weighted by molar-refractivity contribution is 14.0. The van der Waals surface area contributed by atoms with E-state index < -0.39 is 5.41 Å². The Morgan fingerprint density at radius 2 is 1.88 bits per heavy atom. The van der Waals surface area contributed by atoms with Crippen molar-refractivity contribution in [3.05, 3.63) is 29.6 Å². The van der Waals surface area contributed by atoms with E-state index in [1.807, 2.05) is 38.8 Å². The average molecular weight is 480 g/mol. The van der Waals surface area contributed by atoms with E-state index in [1.54, 1.807) is 13.1 Å². The number of aliphatic imine (C=N–C) groups is 1. The van der Waals surface area contributed by atoms with Crippen molar-refractivity contribution in [1.82, 2.24) is 15.5 Å². The van der Waals surface area contributed by atoms with Crippen LogP contribution in [0.5, 0.6) is 5.75 Å². The van der Waals surface area contributed by atoms with Gasteiger partial charge in [-0.05, 0) is 17.7 Å². The van der Waals surface area contributed by atoms with Gasteiger partial charge in [0.25, 0.3) is 0 Å². The summed E-state index contributed by atoms with van der Waals surface area (Å²) in [7, 11) is 4.99. The minimum atomic E-state index is -0.406. The summed E-state index contributed by atoms with van der Waals surface area (Å²) in [4.78, 5) is 17.9. The number of nitrogens with zero attached hydrogens (tertiary/aromatic N) is 2. The summed E-state index contributed by atoms with van der Waals surface area (Å²) in [5.74, 6) is 0.511. The van der Waals surface area contributed by atoms with Gasteiger partial charge in [0.05, 0.1) is 7.11 Å². The van der Waals surface area contributed by atoms with Crippen molar-refractivity contribution in [3.63, 3.8) is 0 Å². The Morgan fingerprint density at radius 3 is 2.38 bits per heavy atom. The lowest BCUT2D eigenvalue weighted by Crippen LogP contribution is -2.43. The Balaban J connectivity index is 0.00000625. The van der Waals surface area contributed by atoms with Gasteiger partial charge in [0.2, 0.25) is 5.91 Å². The molecule has 26 heavy (non-hydrogen) atoms. The molecule has 0 spiro atoms. The molecule has 0 aliphatic rings. The molecule has 1 rings (SSSR count). The van der Waals surface area contributed by atoms with Crippen LogP contribution in [0.4, 0.5) is 4.39 Å². The third-order valence-corrected chi connectivity index (χ3v) is 3.58. The van der Waals surface area contributed by atoms with Crippen molar-refractivity contribution in [2.45, 2.75) is 27.3 Å². The Hall–Kier alpha value is -1.58. The van der Waals surface area contributed by atoms with Crippen LogP contribution in [-0.4, -0.2) is 51.1 Å². The molecule has 0 heterocycles. The number of hydrogen-bond acceptors (Lipinski definition) is 3. The third-order valence-electron chi connectivity index (χ3n) is 3.58. The quantitative estimate of drug-likeness (QED) is 0.285. The van der Waals surface area contributed by atoms with E-state index in [2.05, 4.69) is 15.6 Å². The van der Waals surface area contributed by atoms with Crippen LogP contribution in [0.3, 0.4) is 0 Å². The second-order valence-electron chi connectivity index (χ2n) is 6.80. The summed E-state index contributed by atoms with van der Waals surface area (Å²) >= 11 is 0.